The van der Waals surface area contributed by atoms with Gasteiger partial charge in [0.2, 0.25) is 5.70 Å². The van der Waals surface area contributed by atoms with Gasteiger partial charge in [0.05, 0.1) is 6.57 Å². The van der Waals surface area contributed by atoms with Crippen molar-refractivity contribution in [3.63, 3.8) is 0 Å². The van der Waals surface area contributed by atoms with Crippen LogP contribution in [0.4, 0.5) is 0 Å². The van der Waals surface area contributed by atoms with Gasteiger partial charge >= 0.3 is 0 Å². The van der Waals surface area contributed by atoms with Gasteiger partial charge in [-0.25, -0.2) is 4.85 Å². The van der Waals surface area contributed by atoms with Gasteiger partial charge in [0.15, 0.2) is 11.6 Å². The van der Waals surface area contributed by atoms with Crippen LogP contribution in [-0.2, 0) is 9.59 Å². The largest absolute Gasteiger partial charge is 0.307 e. The summed E-state index contributed by atoms with van der Waals surface area (Å²) in [5.41, 5.74) is 0.507. The molecule has 0 heterocycles. The Labute approximate surface area is 132 Å². The van der Waals surface area contributed by atoms with Crippen LogP contribution in [0, 0.1) is 28.7 Å². The number of hydrogen-bond acceptors (Lipinski definition) is 2. The molecule has 0 radical (unpaired) electrons. The van der Waals surface area contributed by atoms with Crippen molar-refractivity contribution in [3.8, 4) is 0 Å². The van der Waals surface area contributed by atoms with Crippen molar-refractivity contribution in [2.45, 2.75) is 53.4 Å². The van der Waals surface area contributed by atoms with Gasteiger partial charge in [0.1, 0.15) is 0 Å². The molecule has 3 aliphatic carbocycles. The quantitative estimate of drug-likeness (QED) is 0.631. The fraction of sp³-hybridized carbons (Fsp3) is 0.632. The van der Waals surface area contributed by atoms with Crippen LogP contribution in [-0.4, -0.2) is 11.6 Å². The number of carbonyl (C=O) groups excluding carboxylic acids is 2. The molecule has 1 saturated carbocycles. The van der Waals surface area contributed by atoms with E-state index in [1.165, 1.54) is 0 Å². The first-order valence-electron chi connectivity index (χ1n) is 8.06. The van der Waals surface area contributed by atoms with Crippen LogP contribution >= 0.6 is 0 Å². The van der Waals surface area contributed by atoms with Gasteiger partial charge in [-0.2, -0.15) is 0 Å². The van der Waals surface area contributed by atoms with E-state index in [0.29, 0.717) is 6.42 Å². The molecular formula is C19H23NO2. The summed E-state index contributed by atoms with van der Waals surface area (Å²) in [4.78, 5) is 28.1. The molecule has 0 aromatic rings. The van der Waals surface area contributed by atoms with Gasteiger partial charge in [-0.1, -0.05) is 39.3 Å². The van der Waals surface area contributed by atoms with Crippen LogP contribution in [0.25, 0.3) is 4.85 Å². The normalized spacial score (nSPS) is 40.0. The minimum absolute atomic E-state index is 0.0270. The van der Waals surface area contributed by atoms with Gasteiger partial charge in [0.25, 0.3) is 0 Å². The number of ketones is 2. The van der Waals surface area contributed by atoms with Crippen molar-refractivity contribution >= 4 is 11.6 Å². The lowest BCUT2D eigenvalue weighted by Gasteiger charge is -2.58. The number of hydrogen-bond donors (Lipinski definition) is 0. The first kappa shape index (κ1) is 15.2. The zero-order valence-electron chi connectivity index (χ0n) is 13.8. The molecule has 22 heavy (non-hydrogen) atoms. The van der Waals surface area contributed by atoms with Gasteiger partial charge in [-0.3, -0.25) is 4.79 Å². The molecule has 3 atom stereocenters. The molecule has 0 aromatic heterocycles. The van der Waals surface area contributed by atoms with Crippen molar-refractivity contribution in [3.05, 3.63) is 34.8 Å². The number of nitrogens with zero attached hydrogens (tertiary/aromatic N) is 1. The van der Waals surface area contributed by atoms with E-state index in [4.69, 9.17) is 6.57 Å². The average Bonchev–Trinajstić information content (AvgIpc) is 2.45. The topological polar surface area (TPSA) is 38.5 Å². The zero-order chi connectivity index (χ0) is 16.3. The van der Waals surface area contributed by atoms with Crippen LogP contribution in [0.3, 0.4) is 0 Å². The number of allylic oxidation sites excluding steroid dienone is 4. The lowest BCUT2D eigenvalue weighted by molar-refractivity contribution is -0.130. The predicted octanol–water partition coefficient (Wildman–Crippen LogP) is 4.11. The highest BCUT2D eigenvalue weighted by Crippen LogP contribution is 2.64. The molecule has 0 aliphatic heterocycles. The molecule has 0 N–H and O–H groups in total. The van der Waals surface area contributed by atoms with Gasteiger partial charge in [-0.05, 0) is 36.7 Å². The van der Waals surface area contributed by atoms with Gasteiger partial charge in [0, 0.05) is 17.3 Å². The standard InChI is InChI=1S/C19H23NO2/c1-17(2)14-7-9-18(3)8-6-12(21)10-15(18)19(14,4)11-13(20-5)16(17)22/h10-11,14H,6-9H2,1-4H3/t14-,18?,19-/m0/s1. The van der Waals surface area contributed by atoms with E-state index in [2.05, 4.69) is 18.7 Å². The molecule has 1 unspecified atom stereocenters. The van der Waals surface area contributed by atoms with E-state index in [1.54, 1.807) is 0 Å². The molecule has 116 valence electrons. The summed E-state index contributed by atoms with van der Waals surface area (Å²) in [5.74, 6) is 0.293. The zero-order valence-corrected chi connectivity index (χ0v) is 13.8. The van der Waals surface area contributed by atoms with Crippen LogP contribution in [0.2, 0.25) is 0 Å². The molecule has 0 saturated heterocycles. The Morgan fingerprint density at radius 1 is 1.18 bits per heavy atom. The fourth-order valence-corrected chi connectivity index (χ4v) is 5.17. The second-order valence-electron chi connectivity index (χ2n) is 8.15. The van der Waals surface area contributed by atoms with Crippen molar-refractivity contribution in [2.75, 3.05) is 0 Å². The van der Waals surface area contributed by atoms with E-state index >= 15 is 0 Å². The predicted molar refractivity (Wildman–Crippen MR) is 84.7 cm³/mol. The Balaban J connectivity index is 2.25. The van der Waals surface area contributed by atoms with Gasteiger partial charge in [-0.15, -0.1) is 0 Å². The average molecular weight is 297 g/mol. The maximum Gasteiger partial charge on any atom is 0.226 e. The van der Waals surface area contributed by atoms with Crippen molar-refractivity contribution in [2.24, 2.45) is 22.2 Å². The SMILES string of the molecule is [C-]#[N+]C1=C[C@]2(C)C3=CC(=O)CCC3(C)CC[C@H]2C(C)(C)C1=O. The second kappa shape index (κ2) is 4.41. The van der Waals surface area contributed by atoms with E-state index in [9.17, 15) is 9.59 Å². The van der Waals surface area contributed by atoms with E-state index < -0.39 is 5.41 Å². The molecular weight excluding hydrogens is 274 g/mol. The summed E-state index contributed by atoms with van der Waals surface area (Å²) < 4.78 is 0. The first-order chi connectivity index (χ1) is 10.1. The number of fused-ring (bicyclic) bond motifs is 3. The van der Waals surface area contributed by atoms with Gasteiger partial charge < -0.3 is 4.79 Å². The summed E-state index contributed by atoms with van der Waals surface area (Å²) in [6.45, 7) is 15.7. The summed E-state index contributed by atoms with van der Waals surface area (Å²) in [7, 11) is 0. The Hall–Kier alpha value is -1.69. The van der Waals surface area contributed by atoms with Crippen LogP contribution in [0.1, 0.15) is 53.4 Å². The summed E-state index contributed by atoms with van der Waals surface area (Å²) >= 11 is 0. The molecule has 0 aromatic carbocycles. The highest BCUT2D eigenvalue weighted by atomic mass is 16.1. The van der Waals surface area contributed by atoms with E-state index in [-0.39, 0.29) is 34.0 Å². The fourth-order valence-electron chi connectivity index (χ4n) is 5.17. The second-order valence-corrected chi connectivity index (χ2v) is 8.15. The summed E-state index contributed by atoms with van der Waals surface area (Å²) in [5, 5.41) is 0. The smallest absolute Gasteiger partial charge is 0.226 e. The Morgan fingerprint density at radius 2 is 1.86 bits per heavy atom. The lowest BCUT2D eigenvalue weighted by Crippen LogP contribution is -2.53. The summed E-state index contributed by atoms with van der Waals surface area (Å²) in [6.07, 6.45) is 7.17. The molecule has 3 nitrogen and oxygen atoms in total. The Bertz CT molecular complexity index is 676. The molecule has 0 bridgehead atoms. The maximum absolute atomic E-state index is 12.6. The van der Waals surface area contributed by atoms with Crippen molar-refractivity contribution < 1.29 is 9.59 Å². The third kappa shape index (κ3) is 1.79. The lowest BCUT2D eigenvalue weighted by atomic mass is 9.45. The molecule has 3 heteroatoms. The molecule has 1 fully saturated rings. The highest BCUT2D eigenvalue weighted by Gasteiger charge is 2.58. The minimum atomic E-state index is -0.550. The van der Waals surface area contributed by atoms with Crippen molar-refractivity contribution in [1.29, 1.82) is 0 Å². The van der Waals surface area contributed by atoms with E-state index in [0.717, 1.165) is 24.8 Å². The molecule has 0 amide bonds. The summed E-state index contributed by atoms with van der Waals surface area (Å²) in [6, 6.07) is 0. The molecule has 0 spiro atoms. The Kier molecular flexibility index (Phi) is 3.05. The highest BCUT2D eigenvalue weighted by molar-refractivity contribution is 6.02. The van der Waals surface area contributed by atoms with Crippen LogP contribution in [0.15, 0.2) is 23.4 Å². The molecule has 3 aliphatic rings. The third-order valence-electron chi connectivity index (χ3n) is 6.41. The van der Waals surface area contributed by atoms with Crippen molar-refractivity contribution in [1.82, 2.24) is 0 Å². The number of carbonyl (C=O) groups is 2. The van der Waals surface area contributed by atoms with Crippen LogP contribution in [0.5, 0.6) is 0 Å². The van der Waals surface area contributed by atoms with Crippen LogP contribution < -0.4 is 0 Å². The maximum atomic E-state index is 12.6. The monoisotopic (exact) mass is 297 g/mol. The third-order valence-corrected chi connectivity index (χ3v) is 6.41. The van der Waals surface area contributed by atoms with E-state index in [1.807, 2.05) is 26.0 Å². The first-order valence-corrected chi connectivity index (χ1v) is 8.06. The minimum Gasteiger partial charge on any atom is -0.307 e. The molecule has 3 rings (SSSR count). The number of Topliss-reactive ketones (excluding diaryl/α,β-unsaturated/α-hetero) is 1. The number of rotatable bonds is 0. The Morgan fingerprint density at radius 3 is 2.50 bits per heavy atom.